The molecule has 0 fully saturated rings. The van der Waals surface area contributed by atoms with E-state index in [-0.39, 0.29) is 47.8 Å². The number of amides is 1. The van der Waals surface area contributed by atoms with Crippen molar-refractivity contribution >= 4 is 23.6 Å². The van der Waals surface area contributed by atoms with Crippen molar-refractivity contribution in [2.45, 2.75) is 39.7 Å². The third-order valence-electron chi connectivity index (χ3n) is 3.62. The molecule has 0 bridgehead atoms. The van der Waals surface area contributed by atoms with Crippen LogP contribution in [0.5, 0.6) is 0 Å². The quantitative estimate of drug-likeness (QED) is 0.475. The van der Waals surface area contributed by atoms with Gasteiger partial charge in [-0.05, 0) is 12.3 Å². The van der Waals surface area contributed by atoms with Gasteiger partial charge in [-0.1, -0.05) is 26.5 Å². The molecule has 0 aromatic rings. The highest BCUT2D eigenvalue weighted by atomic mass is 16.5. The van der Waals surface area contributed by atoms with Gasteiger partial charge >= 0.3 is 12.1 Å². The van der Waals surface area contributed by atoms with Crippen molar-refractivity contribution in [3.05, 3.63) is 24.0 Å². The summed E-state index contributed by atoms with van der Waals surface area (Å²) in [5.74, 6) is -1.64. The monoisotopic (exact) mass is 352 g/mol. The summed E-state index contributed by atoms with van der Waals surface area (Å²) < 4.78 is 4.69. The second-order valence-electron chi connectivity index (χ2n) is 6.60. The van der Waals surface area contributed by atoms with Crippen LogP contribution in [0.2, 0.25) is 0 Å². The molecule has 1 rings (SSSR count). The Labute approximate surface area is 146 Å². The van der Waals surface area contributed by atoms with Crippen molar-refractivity contribution in [1.29, 1.82) is 0 Å². The fourth-order valence-electron chi connectivity index (χ4n) is 2.55. The topological polar surface area (TPSA) is 125 Å². The summed E-state index contributed by atoms with van der Waals surface area (Å²) >= 11 is 0. The van der Waals surface area contributed by atoms with E-state index in [0.29, 0.717) is 6.42 Å². The lowest BCUT2D eigenvalue weighted by Gasteiger charge is -2.29. The van der Waals surface area contributed by atoms with Crippen LogP contribution in [-0.2, 0) is 14.3 Å². The van der Waals surface area contributed by atoms with Crippen LogP contribution in [0.3, 0.4) is 0 Å². The van der Waals surface area contributed by atoms with Crippen LogP contribution in [0.1, 0.15) is 33.6 Å². The molecule has 0 saturated heterocycles. The number of aliphatic hydroxyl groups is 1. The van der Waals surface area contributed by atoms with Gasteiger partial charge in [0.15, 0.2) is 11.8 Å². The predicted octanol–water partition coefficient (Wildman–Crippen LogP) is 2.01. The van der Waals surface area contributed by atoms with Gasteiger partial charge in [0.2, 0.25) is 0 Å². The van der Waals surface area contributed by atoms with E-state index in [9.17, 15) is 24.6 Å². The molecule has 1 amide bonds. The molecule has 0 radical (unpaired) electrons. The lowest BCUT2D eigenvalue weighted by atomic mass is 9.76. The first kappa shape index (κ1) is 20.4. The van der Waals surface area contributed by atoms with Crippen LogP contribution in [-0.4, -0.2) is 53.0 Å². The van der Waals surface area contributed by atoms with Crippen LogP contribution in [0.15, 0.2) is 29.0 Å². The van der Waals surface area contributed by atoms with Gasteiger partial charge in [0, 0.05) is 18.6 Å². The molecule has 3 N–H and O–H groups in total. The van der Waals surface area contributed by atoms with E-state index in [1.807, 2.05) is 13.8 Å². The molecular formula is C17H24N2O6. The molecule has 0 heterocycles. The molecule has 1 aliphatic rings. The molecule has 8 nitrogen and oxygen atoms in total. The van der Waals surface area contributed by atoms with Gasteiger partial charge in [0.1, 0.15) is 12.4 Å². The second kappa shape index (κ2) is 8.46. The Morgan fingerprint density at radius 1 is 1.44 bits per heavy atom. The largest absolute Gasteiger partial charge is 0.511 e. The molecule has 1 atom stereocenters. The minimum atomic E-state index is -1.31. The number of aliphatic imine (C=N–C) groups is 1. The molecule has 0 spiro atoms. The zero-order chi connectivity index (χ0) is 19.2. The number of carbonyl (C=O) groups excluding carboxylic acids is 2. The summed E-state index contributed by atoms with van der Waals surface area (Å²) in [4.78, 5) is 38.9. The van der Waals surface area contributed by atoms with Crippen LogP contribution in [0.25, 0.3) is 0 Å². The number of alkyl carbamates (subject to hydrolysis) is 1. The summed E-state index contributed by atoms with van der Waals surface area (Å²) in [6.45, 7) is 8.27. The van der Waals surface area contributed by atoms with Gasteiger partial charge in [-0.3, -0.25) is 9.79 Å². The normalized spacial score (nSPS) is 18.5. The first-order chi connectivity index (χ1) is 11.6. The number of hydrogen-bond acceptors (Lipinski definition) is 6. The molecule has 0 aliphatic heterocycles. The zero-order valence-corrected chi connectivity index (χ0v) is 14.7. The number of aliphatic hydroxyl groups excluding tert-OH is 1. The second-order valence-corrected chi connectivity index (χ2v) is 6.60. The van der Waals surface area contributed by atoms with Gasteiger partial charge in [-0.15, -0.1) is 0 Å². The number of carboxylic acids is 1. The standard InChI is InChI=1S/C17H24N2O6/c1-5-6-25-16(24)18-9-11(15(22)23)19-10(2)14-12(20)7-17(3,4)8-13(14)21/h5,11,20H,1,6-9H2,2-4H3,(H,18,24)(H,22,23)/t11-/m0/s1. The summed E-state index contributed by atoms with van der Waals surface area (Å²) in [6.07, 6.45) is 1.13. The number of hydrogen-bond donors (Lipinski definition) is 3. The van der Waals surface area contributed by atoms with Crippen LogP contribution >= 0.6 is 0 Å². The molecule has 0 unspecified atom stereocenters. The van der Waals surface area contributed by atoms with Crippen LogP contribution in [0.4, 0.5) is 4.79 Å². The van der Waals surface area contributed by atoms with Crippen LogP contribution < -0.4 is 5.32 Å². The van der Waals surface area contributed by atoms with Gasteiger partial charge < -0.3 is 20.3 Å². The molecule has 0 saturated carbocycles. The number of nitrogens with zero attached hydrogens (tertiary/aromatic N) is 1. The number of rotatable bonds is 7. The lowest BCUT2D eigenvalue weighted by molar-refractivity contribution is -0.138. The van der Waals surface area contributed by atoms with Crippen molar-refractivity contribution in [2.75, 3.05) is 13.2 Å². The maximum absolute atomic E-state index is 12.3. The van der Waals surface area contributed by atoms with E-state index in [4.69, 9.17) is 0 Å². The molecule has 0 aromatic carbocycles. The number of allylic oxidation sites excluding steroid dienone is 2. The molecule has 0 aromatic heterocycles. The smallest absolute Gasteiger partial charge is 0.407 e. The minimum Gasteiger partial charge on any atom is -0.511 e. The average molecular weight is 352 g/mol. The zero-order valence-electron chi connectivity index (χ0n) is 14.7. The summed E-state index contributed by atoms with van der Waals surface area (Å²) in [5, 5.41) is 21.7. The average Bonchev–Trinajstić information content (AvgIpc) is 2.46. The first-order valence-electron chi connectivity index (χ1n) is 7.82. The van der Waals surface area contributed by atoms with E-state index in [0.717, 1.165) is 0 Å². The molecule has 138 valence electrons. The highest BCUT2D eigenvalue weighted by molar-refractivity contribution is 6.22. The number of ether oxygens (including phenoxy) is 1. The molecular weight excluding hydrogens is 328 g/mol. The van der Waals surface area contributed by atoms with Crippen molar-refractivity contribution < 1.29 is 29.3 Å². The van der Waals surface area contributed by atoms with Gasteiger partial charge in [0.25, 0.3) is 0 Å². The Kier molecular flexibility index (Phi) is 6.90. The summed E-state index contributed by atoms with van der Waals surface area (Å²) in [6, 6.07) is -1.31. The Hall–Kier alpha value is -2.64. The number of ketones is 1. The van der Waals surface area contributed by atoms with E-state index in [2.05, 4.69) is 21.6 Å². The fraction of sp³-hybridized carbons (Fsp3) is 0.529. The number of aliphatic carboxylic acids is 1. The number of Topliss-reactive ketones (excluding diaryl/α,β-unsaturated/α-hetero) is 1. The maximum Gasteiger partial charge on any atom is 0.407 e. The van der Waals surface area contributed by atoms with Crippen molar-refractivity contribution in [3.63, 3.8) is 0 Å². The highest BCUT2D eigenvalue weighted by Crippen LogP contribution is 2.36. The molecule has 8 heteroatoms. The maximum atomic E-state index is 12.3. The summed E-state index contributed by atoms with van der Waals surface area (Å²) in [7, 11) is 0. The van der Waals surface area contributed by atoms with Crippen molar-refractivity contribution in [3.8, 4) is 0 Å². The SMILES string of the molecule is C=CCOC(=O)NC[C@H](N=C(C)C1=C(O)CC(C)(C)CC1=O)C(=O)O. The van der Waals surface area contributed by atoms with Crippen LogP contribution in [0, 0.1) is 5.41 Å². The highest BCUT2D eigenvalue weighted by Gasteiger charge is 2.34. The third kappa shape index (κ3) is 6.06. The van der Waals surface area contributed by atoms with E-state index < -0.39 is 18.1 Å². The lowest BCUT2D eigenvalue weighted by Crippen LogP contribution is -2.37. The number of carboxylic acid groups (broad SMARTS) is 1. The summed E-state index contributed by atoms with van der Waals surface area (Å²) in [5.41, 5.74) is -0.167. The van der Waals surface area contributed by atoms with E-state index >= 15 is 0 Å². The Bertz CT molecular complexity index is 633. The Morgan fingerprint density at radius 2 is 2.08 bits per heavy atom. The van der Waals surface area contributed by atoms with Crippen molar-refractivity contribution in [2.24, 2.45) is 10.4 Å². The minimum absolute atomic E-state index is 0.00306. The van der Waals surface area contributed by atoms with Crippen molar-refractivity contribution in [1.82, 2.24) is 5.32 Å². The molecule has 25 heavy (non-hydrogen) atoms. The van der Waals surface area contributed by atoms with E-state index in [1.54, 1.807) is 0 Å². The number of nitrogens with one attached hydrogen (secondary N) is 1. The first-order valence-corrected chi connectivity index (χ1v) is 7.82. The van der Waals surface area contributed by atoms with Gasteiger partial charge in [0.05, 0.1) is 12.1 Å². The predicted molar refractivity (Wildman–Crippen MR) is 91.8 cm³/mol. The van der Waals surface area contributed by atoms with E-state index in [1.165, 1.54) is 13.0 Å². The Morgan fingerprint density at radius 3 is 2.60 bits per heavy atom. The number of carbonyl (C=O) groups is 3. The fourth-order valence-corrected chi connectivity index (χ4v) is 2.55. The Balaban J connectivity index is 2.91. The third-order valence-corrected chi connectivity index (χ3v) is 3.62. The van der Waals surface area contributed by atoms with Gasteiger partial charge in [-0.25, -0.2) is 9.59 Å². The van der Waals surface area contributed by atoms with Gasteiger partial charge in [-0.2, -0.15) is 0 Å². The molecule has 1 aliphatic carbocycles.